The van der Waals surface area contributed by atoms with Crippen LogP contribution in [-0.2, 0) is 10.3 Å². The number of phenols is 2. The first-order valence-corrected chi connectivity index (χ1v) is 11.4. The predicted octanol–water partition coefficient (Wildman–Crippen LogP) is 3.83. The van der Waals surface area contributed by atoms with Gasteiger partial charge in [0.25, 0.3) is 0 Å². The Hall–Kier alpha value is -0.550. The fourth-order valence-corrected chi connectivity index (χ4v) is 6.17. The summed E-state index contributed by atoms with van der Waals surface area (Å²) in [4.78, 5) is 12.8. The first-order valence-electron chi connectivity index (χ1n) is 8.21. The number of aromatic hydroxyl groups is 2. The Morgan fingerprint density at radius 1 is 0.833 bits per heavy atom. The van der Waals surface area contributed by atoms with Crippen LogP contribution in [0.5, 0.6) is 23.0 Å². The average molecular weight is 672 g/mol. The van der Waals surface area contributed by atoms with Gasteiger partial charge in [0.15, 0.2) is 17.1 Å². The first-order chi connectivity index (χ1) is 13.8. The number of benzene rings is 3. The molecule has 2 aliphatic rings. The predicted molar refractivity (Wildman–Crippen MR) is 120 cm³/mol. The van der Waals surface area contributed by atoms with E-state index in [2.05, 4.69) is 63.7 Å². The van der Waals surface area contributed by atoms with Crippen molar-refractivity contribution in [2.24, 2.45) is 0 Å². The molecule has 0 unspecified atom stereocenters. The molecular formula is C20H9Br4NaO5. The Kier molecular flexibility index (Phi) is 5.88. The average Bonchev–Trinajstić information content (AvgIpc) is 3.00. The summed E-state index contributed by atoms with van der Waals surface area (Å²) < 4.78 is 13.6. The zero-order valence-electron chi connectivity index (χ0n) is 16.1. The van der Waals surface area contributed by atoms with Crippen molar-refractivity contribution < 1.29 is 55.5 Å². The molecule has 10 heteroatoms. The van der Waals surface area contributed by atoms with E-state index in [0.29, 0.717) is 40.1 Å². The molecule has 0 radical (unpaired) electrons. The number of carbonyl (C=O) groups is 1. The van der Waals surface area contributed by atoms with Gasteiger partial charge in [-0.15, -0.1) is 0 Å². The number of carbonyl (C=O) groups excluding carboxylic acids is 1. The number of hydrogen-bond donors (Lipinski definition) is 2. The third-order valence-corrected chi connectivity index (χ3v) is 7.71. The normalized spacial score (nSPS) is 14.9. The van der Waals surface area contributed by atoms with Gasteiger partial charge in [0.2, 0.25) is 0 Å². The number of halogens is 4. The fraction of sp³-hybridized carbons (Fsp3) is 0.0500. The molecule has 3 aromatic rings. The third-order valence-electron chi connectivity index (χ3n) is 5.03. The van der Waals surface area contributed by atoms with Crippen molar-refractivity contribution in [3.63, 3.8) is 0 Å². The van der Waals surface area contributed by atoms with Crippen molar-refractivity contribution in [1.82, 2.24) is 0 Å². The number of phenolic OH excluding ortho intramolecular Hbond substituents is 2. The molecule has 0 fully saturated rings. The van der Waals surface area contributed by atoms with E-state index in [1.165, 1.54) is 0 Å². The van der Waals surface area contributed by atoms with E-state index in [9.17, 15) is 15.0 Å². The maximum absolute atomic E-state index is 12.8. The van der Waals surface area contributed by atoms with Crippen molar-refractivity contribution in [3.8, 4) is 23.0 Å². The molecule has 0 aromatic heterocycles. The summed E-state index contributed by atoms with van der Waals surface area (Å²) in [6.45, 7) is 0. The molecule has 0 aliphatic carbocycles. The van der Waals surface area contributed by atoms with Crippen LogP contribution in [0.25, 0.3) is 0 Å². The van der Waals surface area contributed by atoms with Gasteiger partial charge in [0, 0.05) is 5.56 Å². The minimum Gasteiger partial charge on any atom is -1.00 e. The molecule has 0 bridgehead atoms. The van der Waals surface area contributed by atoms with Gasteiger partial charge in [0.1, 0.15) is 20.4 Å². The van der Waals surface area contributed by atoms with Gasteiger partial charge >= 0.3 is 35.5 Å². The van der Waals surface area contributed by atoms with Gasteiger partial charge < -0.3 is 21.1 Å². The molecule has 3 aromatic carbocycles. The van der Waals surface area contributed by atoms with Crippen LogP contribution in [0.15, 0.2) is 54.3 Å². The maximum Gasteiger partial charge on any atom is 1.00 e. The zero-order chi connectivity index (χ0) is 20.7. The van der Waals surface area contributed by atoms with Gasteiger partial charge in [-0.25, -0.2) is 4.79 Å². The Bertz CT molecular complexity index is 1200. The Labute approximate surface area is 228 Å². The van der Waals surface area contributed by atoms with E-state index in [-0.39, 0.29) is 54.0 Å². The van der Waals surface area contributed by atoms with Gasteiger partial charge in [-0.2, -0.15) is 0 Å². The number of hydrogen-bond acceptors (Lipinski definition) is 5. The zero-order valence-corrected chi connectivity index (χ0v) is 23.4. The van der Waals surface area contributed by atoms with Crippen LogP contribution < -0.4 is 34.3 Å². The SMILES string of the molecule is O=C1OC2(c3ccccc31)c1cc(Br)c(O)c(Br)c1Oc1c2cc(Br)c(O)c1Br.[H-].[Na+]. The van der Waals surface area contributed by atoms with Crippen LogP contribution in [0.3, 0.4) is 0 Å². The number of rotatable bonds is 0. The minimum atomic E-state index is -1.33. The molecular weight excluding hydrogens is 663 g/mol. The standard InChI is InChI=1S/C20H8Br4O5.Na.H/c21-11-5-9-17(13(23)15(11)25)28-18-10(6-12(22)16(26)14(18)24)20(9)8-4-2-1-3-7(8)19(27)29-20;;/h1-6,25-26H;;/q;+1;-1. The van der Waals surface area contributed by atoms with Crippen LogP contribution in [0.1, 0.15) is 28.5 Å². The van der Waals surface area contributed by atoms with Crippen LogP contribution >= 0.6 is 63.7 Å². The van der Waals surface area contributed by atoms with Crippen molar-refractivity contribution in [1.29, 1.82) is 0 Å². The molecule has 0 atom stereocenters. The quantitative estimate of drug-likeness (QED) is 0.281. The summed E-state index contributed by atoms with van der Waals surface area (Å²) in [6.07, 6.45) is 0. The summed E-state index contributed by atoms with van der Waals surface area (Å²) in [6, 6.07) is 10.5. The number of ether oxygens (including phenoxy) is 2. The molecule has 2 N–H and O–H groups in total. The van der Waals surface area contributed by atoms with Crippen LogP contribution in [0, 0.1) is 0 Å². The Balaban J connectivity index is 0.00000136. The third kappa shape index (κ3) is 2.89. The van der Waals surface area contributed by atoms with E-state index >= 15 is 0 Å². The van der Waals surface area contributed by atoms with Crippen molar-refractivity contribution in [2.75, 3.05) is 0 Å². The van der Waals surface area contributed by atoms with Gasteiger partial charge in [-0.3, -0.25) is 0 Å². The largest absolute Gasteiger partial charge is 1.00 e. The van der Waals surface area contributed by atoms with Crippen LogP contribution in [0.2, 0.25) is 0 Å². The second kappa shape index (κ2) is 7.79. The summed E-state index contributed by atoms with van der Waals surface area (Å²) in [5.41, 5.74) is 0.819. The van der Waals surface area contributed by atoms with Gasteiger partial charge in [-0.1, -0.05) is 18.2 Å². The van der Waals surface area contributed by atoms with Crippen LogP contribution in [0.4, 0.5) is 0 Å². The second-order valence-corrected chi connectivity index (χ2v) is 9.81. The summed E-state index contributed by atoms with van der Waals surface area (Å²) in [5.74, 6) is -0.0230. The smallest absolute Gasteiger partial charge is 1.00 e. The van der Waals surface area contributed by atoms with E-state index in [1.54, 1.807) is 24.3 Å². The van der Waals surface area contributed by atoms with Gasteiger partial charge in [-0.05, 0) is 81.9 Å². The fourth-order valence-electron chi connectivity index (χ4n) is 3.77. The summed E-state index contributed by atoms with van der Waals surface area (Å²) >= 11 is 13.5. The molecule has 148 valence electrons. The monoisotopic (exact) mass is 668 g/mol. The summed E-state index contributed by atoms with van der Waals surface area (Å²) in [5, 5.41) is 20.8. The van der Waals surface area contributed by atoms with Gasteiger partial charge in [0.05, 0.1) is 25.6 Å². The van der Waals surface area contributed by atoms with E-state index < -0.39 is 11.6 Å². The molecule has 2 heterocycles. The van der Waals surface area contributed by atoms with Crippen molar-refractivity contribution in [2.45, 2.75) is 5.60 Å². The molecule has 30 heavy (non-hydrogen) atoms. The Morgan fingerprint density at radius 2 is 1.33 bits per heavy atom. The number of fused-ring (bicyclic) bond motifs is 6. The summed E-state index contributed by atoms with van der Waals surface area (Å²) in [7, 11) is 0. The molecule has 0 saturated heterocycles. The molecule has 0 amide bonds. The second-order valence-electron chi connectivity index (χ2n) is 6.51. The molecule has 2 aliphatic heterocycles. The Morgan fingerprint density at radius 3 is 1.87 bits per heavy atom. The van der Waals surface area contributed by atoms with E-state index in [1.807, 2.05) is 12.1 Å². The molecule has 1 spiro atoms. The topological polar surface area (TPSA) is 76.0 Å². The maximum atomic E-state index is 12.8. The molecule has 5 nitrogen and oxygen atoms in total. The number of esters is 1. The van der Waals surface area contributed by atoms with E-state index in [4.69, 9.17) is 9.47 Å². The first kappa shape index (κ1) is 22.6. The van der Waals surface area contributed by atoms with Crippen molar-refractivity contribution >= 4 is 69.7 Å². The molecule has 5 rings (SSSR count). The van der Waals surface area contributed by atoms with E-state index in [0.717, 1.165) is 0 Å². The molecule has 0 saturated carbocycles. The van der Waals surface area contributed by atoms with Crippen LogP contribution in [-0.4, -0.2) is 16.2 Å². The van der Waals surface area contributed by atoms with Crippen molar-refractivity contribution in [3.05, 3.63) is 76.5 Å². The minimum absolute atomic E-state index is 0.